The summed E-state index contributed by atoms with van der Waals surface area (Å²) >= 11 is 1.68. The summed E-state index contributed by atoms with van der Waals surface area (Å²) in [6.07, 6.45) is 5.40. The summed E-state index contributed by atoms with van der Waals surface area (Å²) in [7, 11) is 0. The van der Waals surface area contributed by atoms with Gasteiger partial charge in [0, 0.05) is 11.8 Å². The van der Waals surface area contributed by atoms with Gasteiger partial charge in [-0.05, 0) is 32.1 Å². The van der Waals surface area contributed by atoms with Gasteiger partial charge in [-0.1, -0.05) is 13.3 Å². The van der Waals surface area contributed by atoms with Gasteiger partial charge in [-0.2, -0.15) is 5.26 Å². The summed E-state index contributed by atoms with van der Waals surface area (Å²) in [5.41, 5.74) is 0.988. The molecule has 0 bridgehead atoms. The fourth-order valence-corrected chi connectivity index (χ4v) is 3.34. The van der Waals surface area contributed by atoms with Gasteiger partial charge in [-0.25, -0.2) is 4.98 Å². The van der Waals surface area contributed by atoms with Crippen molar-refractivity contribution >= 4 is 11.3 Å². The molecule has 1 fully saturated rings. The Kier molecular flexibility index (Phi) is 3.30. The summed E-state index contributed by atoms with van der Waals surface area (Å²) < 4.78 is 0. The van der Waals surface area contributed by atoms with E-state index in [1.807, 2.05) is 6.92 Å². The zero-order valence-corrected chi connectivity index (χ0v) is 10.8. The maximum atomic E-state index is 9.42. The Hall–Kier alpha value is -0.880. The standard InChI is InChI=1S/C13H18N2S/c1-3-11-4-5-13(6-11,9-14)7-12-8-16-10(2)15-12/h8,11H,3-7H2,1-2H3. The van der Waals surface area contributed by atoms with E-state index in [-0.39, 0.29) is 5.41 Å². The molecule has 0 aromatic carbocycles. The highest BCUT2D eigenvalue weighted by atomic mass is 32.1. The largest absolute Gasteiger partial charge is 0.247 e. The predicted octanol–water partition coefficient (Wildman–Crippen LogP) is 3.71. The Bertz CT molecular complexity index is 404. The Morgan fingerprint density at radius 3 is 3.00 bits per heavy atom. The summed E-state index contributed by atoms with van der Waals surface area (Å²) in [5, 5.41) is 12.6. The number of hydrogen-bond donors (Lipinski definition) is 0. The van der Waals surface area contributed by atoms with Gasteiger partial charge in [0.2, 0.25) is 0 Å². The predicted molar refractivity (Wildman–Crippen MR) is 66.2 cm³/mol. The third-order valence-electron chi connectivity index (χ3n) is 3.71. The molecule has 1 heterocycles. The quantitative estimate of drug-likeness (QED) is 0.799. The molecule has 1 aromatic rings. The van der Waals surface area contributed by atoms with Gasteiger partial charge in [0.15, 0.2) is 0 Å². The second-order valence-electron chi connectivity index (χ2n) is 4.94. The summed E-state index contributed by atoms with van der Waals surface area (Å²) in [6, 6.07) is 2.56. The molecule has 16 heavy (non-hydrogen) atoms. The minimum atomic E-state index is -0.124. The maximum Gasteiger partial charge on any atom is 0.0897 e. The highest BCUT2D eigenvalue weighted by Crippen LogP contribution is 2.44. The van der Waals surface area contributed by atoms with Gasteiger partial charge in [-0.15, -0.1) is 11.3 Å². The number of thiazole rings is 1. The molecule has 1 saturated carbocycles. The Balaban J connectivity index is 2.09. The van der Waals surface area contributed by atoms with Crippen LogP contribution in [-0.4, -0.2) is 4.98 Å². The van der Waals surface area contributed by atoms with E-state index in [0.29, 0.717) is 0 Å². The molecule has 1 aliphatic carbocycles. The summed E-state index contributed by atoms with van der Waals surface area (Å²) in [5.74, 6) is 0.749. The Labute approximate surface area is 101 Å². The lowest BCUT2D eigenvalue weighted by Crippen LogP contribution is -2.18. The zero-order chi connectivity index (χ0) is 11.6. The van der Waals surface area contributed by atoms with Crippen molar-refractivity contribution in [3.63, 3.8) is 0 Å². The van der Waals surface area contributed by atoms with Gasteiger partial charge in [-0.3, -0.25) is 0 Å². The van der Waals surface area contributed by atoms with Crippen LogP contribution in [0.4, 0.5) is 0 Å². The van der Waals surface area contributed by atoms with Gasteiger partial charge < -0.3 is 0 Å². The molecule has 0 radical (unpaired) electrons. The van der Waals surface area contributed by atoms with E-state index in [0.717, 1.165) is 35.9 Å². The highest BCUT2D eigenvalue weighted by Gasteiger charge is 2.39. The van der Waals surface area contributed by atoms with Gasteiger partial charge in [0.25, 0.3) is 0 Å². The molecule has 2 unspecified atom stereocenters. The molecule has 0 spiro atoms. The van der Waals surface area contributed by atoms with Crippen molar-refractivity contribution in [2.75, 3.05) is 0 Å². The smallest absolute Gasteiger partial charge is 0.0897 e. The number of rotatable bonds is 3. The van der Waals surface area contributed by atoms with E-state index < -0.39 is 0 Å². The molecule has 3 heteroatoms. The second-order valence-corrected chi connectivity index (χ2v) is 6.01. The van der Waals surface area contributed by atoms with Crippen molar-refractivity contribution in [2.45, 2.75) is 46.0 Å². The first-order chi connectivity index (χ1) is 7.67. The minimum absolute atomic E-state index is 0.124. The van der Waals surface area contributed by atoms with E-state index in [1.54, 1.807) is 11.3 Å². The van der Waals surface area contributed by atoms with Crippen LogP contribution < -0.4 is 0 Å². The third-order valence-corrected chi connectivity index (χ3v) is 4.53. The lowest BCUT2D eigenvalue weighted by molar-refractivity contribution is 0.377. The van der Waals surface area contributed by atoms with Crippen LogP contribution in [0.1, 0.15) is 43.3 Å². The maximum absolute atomic E-state index is 9.42. The molecule has 1 aromatic heterocycles. The van der Waals surface area contributed by atoms with Crippen LogP contribution in [0.2, 0.25) is 0 Å². The van der Waals surface area contributed by atoms with Gasteiger partial charge in [0.1, 0.15) is 0 Å². The molecule has 0 aliphatic heterocycles. The summed E-state index contributed by atoms with van der Waals surface area (Å²) in [6.45, 7) is 4.25. The van der Waals surface area contributed by atoms with Crippen LogP contribution in [-0.2, 0) is 6.42 Å². The lowest BCUT2D eigenvalue weighted by Gasteiger charge is -2.19. The first-order valence-electron chi connectivity index (χ1n) is 6.00. The Morgan fingerprint density at radius 2 is 2.50 bits per heavy atom. The number of hydrogen-bond acceptors (Lipinski definition) is 3. The molecule has 0 N–H and O–H groups in total. The van der Waals surface area contributed by atoms with E-state index in [9.17, 15) is 5.26 Å². The van der Waals surface area contributed by atoms with Crippen LogP contribution in [0.25, 0.3) is 0 Å². The lowest BCUT2D eigenvalue weighted by atomic mass is 9.82. The fourth-order valence-electron chi connectivity index (χ4n) is 2.72. The van der Waals surface area contributed by atoms with Crippen LogP contribution in [0, 0.1) is 29.6 Å². The minimum Gasteiger partial charge on any atom is -0.247 e. The average Bonchev–Trinajstić information content (AvgIpc) is 2.87. The third kappa shape index (κ3) is 2.27. The van der Waals surface area contributed by atoms with E-state index in [4.69, 9.17) is 0 Å². The molecule has 86 valence electrons. The van der Waals surface area contributed by atoms with E-state index in [1.165, 1.54) is 12.8 Å². The number of nitriles is 1. The monoisotopic (exact) mass is 234 g/mol. The van der Waals surface area contributed by atoms with Crippen LogP contribution in [0.15, 0.2) is 5.38 Å². The average molecular weight is 234 g/mol. The number of aryl methyl sites for hydroxylation is 1. The topological polar surface area (TPSA) is 36.7 Å². The first kappa shape index (κ1) is 11.6. The van der Waals surface area contributed by atoms with Crippen molar-refractivity contribution in [2.24, 2.45) is 11.3 Å². The fraction of sp³-hybridized carbons (Fsp3) is 0.692. The van der Waals surface area contributed by atoms with Crippen molar-refractivity contribution in [3.05, 3.63) is 16.1 Å². The molecule has 0 amide bonds. The van der Waals surface area contributed by atoms with Crippen LogP contribution in [0.5, 0.6) is 0 Å². The SMILES string of the molecule is CCC1CCC(C#N)(Cc2csc(C)n2)C1. The van der Waals surface area contributed by atoms with Crippen molar-refractivity contribution < 1.29 is 0 Å². The summed E-state index contributed by atoms with van der Waals surface area (Å²) in [4.78, 5) is 4.49. The Morgan fingerprint density at radius 1 is 1.69 bits per heavy atom. The first-order valence-corrected chi connectivity index (χ1v) is 6.88. The van der Waals surface area contributed by atoms with E-state index >= 15 is 0 Å². The molecule has 2 rings (SSSR count). The number of aromatic nitrogens is 1. The van der Waals surface area contributed by atoms with Crippen molar-refractivity contribution in [3.8, 4) is 6.07 Å². The van der Waals surface area contributed by atoms with Crippen LogP contribution >= 0.6 is 11.3 Å². The normalized spacial score (nSPS) is 29.2. The second kappa shape index (κ2) is 4.55. The van der Waals surface area contributed by atoms with Gasteiger partial charge >= 0.3 is 0 Å². The highest BCUT2D eigenvalue weighted by molar-refractivity contribution is 7.09. The van der Waals surface area contributed by atoms with Gasteiger partial charge in [0.05, 0.1) is 22.2 Å². The van der Waals surface area contributed by atoms with Crippen LogP contribution in [0.3, 0.4) is 0 Å². The van der Waals surface area contributed by atoms with Crippen molar-refractivity contribution in [1.29, 1.82) is 5.26 Å². The molecule has 1 aliphatic rings. The molecular weight excluding hydrogens is 216 g/mol. The molecule has 2 nitrogen and oxygen atoms in total. The number of nitrogens with zero attached hydrogens (tertiary/aromatic N) is 2. The molecule has 0 saturated heterocycles. The zero-order valence-electron chi connectivity index (χ0n) is 9.99. The molecule has 2 atom stereocenters. The van der Waals surface area contributed by atoms with E-state index in [2.05, 4.69) is 23.4 Å². The molecular formula is C13H18N2S. The van der Waals surface area contributed by atoms with Crippen molar-refractivity contribution in [1.82, 2.24) is 4.98 Å².